The van der Waals surface area contributed by atoms with Crippen molar-refractivity contribution in [2.24, 2.45) is 40.9 Å². The van der Waals surface area contributed by atoms with Crippen LogP contribution in [0, 0.1) is 40.9 Å². The highest BCUT2D eigenvalue weighted by Crippen LogP contribution is 2.50. The van der Waals surface area contributed by atoms with Gasteiger partial charge in [0.2, 0.25) is 70.9 Å². The molecule has 11 atom stereocenters. The van der Waals surface area contributed by atoms with Gasteiger partial charge in [0, 0.05) is 83.0 Å². The third-order valence-electron chi connectivity index (χ3n) is 22.2. The Morgan fingerprint density at radius 1 is 0.699 bits per heavy atom. The number of likely N-dealkylation sites (N-methyl/N-ethyl adjacent to an activating group) is 7. The summed E-state index contributed by atoms with van der Waals surface area (Å²) >= 11 is 0. The highest BCUT2D eigenvalue weighted by atomic mass is 19.4. The van der Waals surface area contributed by atoms with Crippen molar-refractivity contribution in [3.8, 4) is 0 Å². The second-order valence-corrected chi connectivity index (χ2v) is 31.1. The molecule has 0 aromatic carbocycles. The van der Waals surface area contributed by atoms with E-state index in [4.69, 9.17) is 4.74 Å². The molecule has 1 spiro atoms. The number of rotatable bonds is 13. The predicted molar refractivity (Wildman–Crippen MR) is 376 cm³/mol. The molecule has 2 aliphatic heterocycles. The van der Waals surface area contributed by atoms with Gasteiger partial charge in [0.15, 0.2) is 0 Å². The molecule has 103 heavy (non-hydrogen) atoms. The topological polar surface area (TPSA) is 288 Å². The molecule has 25 nitrogen and oxygen atoms in total. The van der Waals surface area contributed by atoms with Gasteiger partial charge in [-0.15, -0.1) is 0 Å². The zero-order valence-electron chi connectivity index (χ0n) is 63.8. The Balaban J connectivity index is 1.58. The summed E-state index contributed by atoms with van der Waals surface area (Å²) in [6.07, 6.45) is -2.84. The molecule has 3 saturated carbocycles. The van der Waals surface area contributed by atoms with E-state index in [0.717, 1.165) is 51.7 Å². The van der Waals surface area contributed by atoms with Crippen LogP contribution in [0.1, 0.15) is 177 Å². The zero-order valence-corrected chi connectivity index (χ0v) is 63.8. The van der Waals surface area contributed by atoms with Crippen molar-refractivity contribution in [3.05, 3.63) is 12.2 Å². The number of carbonyl (C=O) groups excluding carboxylic acids is 12. The maximum Gasteiger partial charge on any atom is 0.397 e. The second-order valence-electron chi connectivity index (χ2n) is 31.1. The van der Waals surface area contributed by atoms with E-state index in [0.29, 0.717) is 25.7 Å². The molecular weight excluding hydrogens is 1350 g/mol. The number of halogens is 5. The molecule has 2 unspecified atom stereocenters. The van der Waals surface area contributed by atoms with Crippen molar-refractivity contribution < 1.29 is 84.2 Å². The molecule has 30 heteroatoms. The van der Waals surface area contributed by atoms with Gasteiger partial charge in [-0.05, 0) is 99.2 Å². The van der Waals surface area contributed by atoms with Gasteiger partial charge in [0.1, 0.15) is 66.1 Å². The summed E-state index contributed by atoms with van der Waals surface area (Å²) in [5, 5.41) is 11.2. The summed E-state index contributed by atoms with van der Waals surface area (Å²) in [6, 6.07) is -9.21. The number of fused-ring (bicyclic) bond motifs is 2. The van der Waals surface area contributed by atoms with Crippen LogP contribution >= 0.6 is 0 Å². The number of methoxy groups -OCH3 is 1. The van der Waals surface area contributed by atoms with Crippen LogP contribution < -0.4 is 21.3 Å². The normalized spacial score (nSPS) is 30.1. The van der Waals surface area contributed by atoms with Crippen LogP contribution in [0.15, 0.2) is 12.2 Å². The van der Waals surface area contributed by atoms with Gasteiger partial charge in [-0.3, -0.25) is 57.5 Å². The molecule has 5 aliphatic rings. The monoisotopic (exact) mass is 1470 g/mol. The molecule has 0 aromatic rings. The fraction of sp³-hybridized carbons (Fsp3) is 0.808. The van der Waals surface area contributed by atoms with Gasteiger partial charge in [-0.1, -0.05) is 112 Å². The van der Waals surface area contributed by atoms with Crippen LogP contribution in [0.3, 0.4) is 0 Å². The molecule has 1 saturated heterocycles. The van der Waals surface area contributed by atoms with Crippen LogP contribution in [0.4, 0.5) is 22.0 Å². The van der Waals surface area contributed by atoms with Crippen LogP contribution in [0.25, 0.3) is 0 Å². The number of amides is 12. The number of hydrogen-bond donors (Lipinski definition) is 4. The first-order chi connectivity index (χ1) is 48.2. The number of carbonyl (C=O) groups is 12. The second kappa shape index (κ2) is 38.3. The van der Waals surface area contributed by atoms with Crippen LogP contribution in [0.5, 0.6) is 0 Å². The average molecular weight is 1470 g/mol. The maximum atomic E-state index is 15.3. The number of hydrogen-bond acceptors (Lipinski definition) is 13. The molecule has 3 aliphatic carbocycles. The van der Waals surface area contributed by atoms with E-state index >= 15 is 28.0 Å². The summed E-state index contributed by atoms with van der Waals surface area (Å²) in [7, 11) is 12.5. The molecule has 4 fully saturated rings. The zero-order chi connectivity index (χ0) is 77.3. The molecule has 0 aromatic heterocycles. The minimum absolute atomic E-state index is 0.0143. The van der Waals surface area contributed by atoms with Crippen LogP contribution in [-0.2, 0) is 62.3 Å². The minimum atomic E-state index is -5.13. The lowest BCUT2D eigenvalue weighted by Crippen LogP contribution is -2.70. The summed E-state index contributed by atoms with van der Waals surface area (Å²) in [5.41, 5.74) is -1.94. The lowest BCUT2D eigenvalue weighted by molar-refractivity contribution is -0.219. The van der Waals surface area contributed by atoms with Crippen molar-refractivity contribution in [1.29, 1.82) is 0 Å². The predicted octanol–water partition coefficient (Wildman–Crippen LogP) is 5.57. The largest absolute Gasteiger partial charge is 0.397 e. The van der Waals surface area contributed by atoms with Crippen molar-refractivity contribution >= 4 is 70.9 Å². The van der Waals surface area contributed by atoms with Gasteiger partial charge < -0.3 is 65.2 Å². The Kier molecular flexibility index (Phi) is 32.2. The first-order valence-electron chi connectivity index (χ1n) is 36.9. The lowest BCUT2D eigenvalue weighted by Gasteiger charge is -2.54. The highest BCUT2D eigenvalue weighted by Gasteiger charge is 2.58. The SMILES string of the molecule is CCC(CC)[C@H]1C(=O)N(C)[C@H](C(=O)N(C)C)CC(=O)N(C)[C@@H](COC)C(=O)N[C@@H]([C@@H](C)CC)C(=O)N(C)CC(=O)N(C)[C@H]2C/C=C\CCN(C2=O)[C@@H](CC2CCCCC2)C(=O)N(C)CC(=O)N[C@@H](CCC2CC(F)C(C(F)(F)F)C(F)C2)C(=O)NC[C@@H](C)CCC(=O)NC2(CC(C)(C)C2)C(=O)N1C. The molecule has 2 heterocycles. The van der Waals surface area contributed by atoms with Crippen molar-refractivity contribution in [1.82, 2.24) is 60.5 Å². The fourth-order valence-electron chi connectivity index (χ4n) is 15.8. The Hall–Kier alpha value is -7.01. The quantitative estimate of drug-likeness (QED) is 0.130. The van der Waals surface area contributed by atoms with Gasteiger partial charge in [-0.25, -0.2) is 8.78 Å². The minimum Gasteiger partial charge on any atom is -0.382 e. The summed E-state index contributed by atoms with van der Waals surface area (Å²) in [6.45, 7) is 11.1. The van der Waals surface area contributed by atoms with Crippen molar-refractivity contribution in [2.75, 3.05) is 96.3 Å². The van der Waals surface area contributed by atoms with E-state index in [1.807, 2.05) is 33.8 Å². The number of nitrogens with one attached hydrogen (secondary N) is 4. The van der Waals surface area contributed by atoms with Gasteiger partial charge in [-0.2, -0.15) is 13.2 Å². The molecular formula is C73H119F5N12O13. The summed E-state index contributed by atoms with van der Waals surface area (Å²) in [5.74, 6) is -13.5. The van der Waals surface area contributed by atoms with Gasteiger partial charge in [0.25, 0.3) is 0 Å². The molecule has 12 amide bonds. The van der Waals surface area contributed by atoms with E-state index in [9.17, 15) is 51.5 Å². The van der Waals surface area contributed by atoms with Crippen molar-refractivity contribution in [2.45, 2.75) is 243 Å². The van der Waals surface area contributed by atoms with E-state index in [1.165, 1.54) is 83.1 Å². The Morgan fingerprint density at radius 3 is 1.87 bits per heavy atom. The smallest absolute Gasteiger partial charge is 0.382 e. The third-order valence-corrected chi connectivity index (χ3v) is 22.2. The maximum absolute atomic E-state index is 15.3. The highest BCUT2D eigenvalue weighted by molar-refractivity contribution is 6.00. The Bertz CT molecular complexity index is 2980. The number of ether oxygens (including phenoxy) is 1. The average Bonchev–Trinajstić information content (AvgIpc) is 0.735. The molecule has 4 N–H and O–H groups in total. The van der Waals surface area contributed by atoms with E-state index < -0.39 is 205 Å². The Morgan fingerprint density at radius 2 is 1.31 bits per heavy atom. The molecule has 584 valence electrons. The van der Waals surface area contributed by atoms with Crippen LogP contribution in [0.2, 0.25) is 0 Å². The lowest BCUT2D eigenvalue weighted by atomic mass is 9.58. The standard InChI is InChI=1S/C73H119F5N12O13/c1-17-45(5)61-68(100)85(11)40-59(94)86(12)52-28-24-21-25-33-90(67(52)99)54(36-46-26-22-20-23-27-46)66(98)84(10)39-57(92)80-51(31-30-47-34-49(74)60(50(75)35-47)73(76,77)78)63(95)79-38-44(4)29-32-56(91)82-72(42-71(6,7)43-72)70(102)89(15)62(48(18-2)19-3)69(101)88(14)53(65(97)83(8)9)37-58(93)87(13)55(41-103-16)64(96)81-61/h21,24,44-55,60-62H,17-20,22-23,25-43H2,1-16H3,(H,79,95)(H,80,92)(H,81,96)(H,82,91)/b24-21-/t44-,45-,47?,49?,50?,51-,52-,53-,54-,55-,60?,61-,62-/m0/s1. The molecule has 0 radical (unpaired) electrons. The van der Waals surface area contributed by atoms with Gasteiger partial charge in [0.05, 0.1) is 26.1 Å². The molecule has 2 bridgehead atoms. The first-order valence-corrected chi connectivity index (χ1v) is 36.9. The van der Waals surface area contributed by atoms with Crippen LogP contribution in [-0.4, -0.2) is 273 Å². The van der Waals surface area contributed by atoms with E-state index in [1.54, 1.807) is 26.8 Å². The summed E-state index contributed by atoms with van der Waals surface area (Å²) in [4.78, 5) is 186. The first kappa shape index (κ1) is 86.6. The van der Waals surface area contributed by atoms with Gasteiger partial charge >= 0.3 is 6.18 Å². The number of nitrogens with zero attached hydrogens (tertiary/aromatic N) is 8. The van der Waals surface area contributed by atoms with E-state index in [-0.39, 0.29) is 77.0 Å². The fourth-order valence-corrected chi connectivity index (χ4v) is 15.8. The number of alkyl halides is 5. The third kappa shape index (κ3) is 22.8. The summed E-state index contributed by atoms with van der Waals surface area (Å²) < 4.78 is 77.1. The molecule has 5 rings (SSSR count). The van der Waals surface area contributed by atoms with Crippen molar-refractivity contribution in [3.63, 3.8) is 0 Å². The Labute approximate surface area is 605 Å². The van der Waals surface area contributed by atoms with E-state index in [2.05, 4.69) is 21.3 Å².